The fourth-order valence-electron chi connectivity index (χ4n) is 4.65. The SMILES string of the molecule is COCc1c(C(=O)N2CC[C@H]3NC(=O)CC[C@]3(C(=O)NCc3ccccc3)C2)noc1C. The summed E-state index contributed by atoms with van der Waals surface area (Å²) in [6.45, 7) is 2.95. The average molecular weight is 441 g/mol. The van der Waals surface area contributed by atoms with Gasteiger partial charge in [-0.1, -0.05) is 35.5 Å². The Kier molecular flexibility index (Phi) is 6.27. The number of carbonyl (C=O) groups excluding carboxylic acids is 3. The standard InChI is InChI=1S/C23H28N4O5/c1-15-17(13-31-2)20(26-32-15)21(29)27-11-9-18-23(14-27,10-8-19(28)25-18)22(30)24-12-16-6-4-3-5-7-16/h3-7,18H,8-14H2,1-2H3,(H,24,30)(H,25,28)/t18-,23+/m1/s1. The second-order valence-electron chi connectivity index (χ2n) is 8.46. The molecule has 3 heterocycles. The summed E-state index contributed by atoms with van der Waals surface area (Å²) < 4.78 is 10.4. The summed E-state index contributed by atoms with van der Waals surface area (Å²) in [5, 5.41) is 9.96. The van der Waals surface area contributed by atoms with Gasteiger partial charge >= 0.3 is 0 Å². The predicted molar refractivity (Wildman–Crippen MR) is 114 cm³/mol. The molecule has 0 saturated carbocycles. The molecule has 0 unspecified atom stereocenters. The van der Waals surface area contributed by atoms with Gasteiger partial charge in [-0.25, -0.2) is 0 Å². The third kappa shape index (κ3) is 4.12. The van der Waals surface area contributed by atoms with Gasteiger partial charge in [0, 0.05) is 39.2 Å². The monoisotopic (exact) mass is 440 g/mol. The van der Waals surface area contributed by atoms with E-state index in [0.717, 1.165) is 5.56 Å². The number of nitrogens with zero attached hydrogens (tertiary/aromatic N) is 2. The fourth-order valence-corrected chi connectivity index (χ4v) is 4.65. The lowest BCUT2D eigenvalue weighted by molar-refractivity contribution is -0.142. The van der Waals surface area contributed by atoms with Crippen LogP contribution in [0.25, 0.3) is 0 Å². The normalized spacial score (nSPS) is 22.8. The smallest absolute Gasteiger partial charge is 0.276 e. The number of carbonyl (C=O) groups is 3. The average Bonchev–Trinajstić information content (AvgIpc) is 3.17. The number of aromatic nitrogens is 1. The summed E-state index contributed by atoms with van der Waals surface area (Å²) in [4.78, 5) is 40.5. The molecule has 9 nitrogen and oxygen atoms in total. The zero-order valence-corrected chi connectivity index (χ0v) is 18.3. The molecular weight excluding hydrogens is 412 g/mol. The van der Waals surface area contributed by atoms with Crippen molar-refractivity contribution in [1.82, 2.24) is 20.7 Å². The maximum Gasteiger partial charge on any atom is 0.276 e. The minimum absolute atomic E-state index is 0.0595. The predicted octanol–water partition coefficient (Wildman–Crippen LogP) is 1.56. The number of nitrogens with one attached hydrogen (secondary N) is 2. The Morgan fingerprint density at radius 2 is 2.12 bits per heavy atom. The van der Waals surface area contributed by atoms with Crippen LogP contribution in [0.3, 0.4) is 0 Å². The molecule has 2 aromatic rings. The van der Waals surface area contributed by atoms with E-state index in [1.165, 1.54) is 0 Å². The molecule has 0 radical (unpaired) electrons. The molecule has 2 aliphatic heterocycles. The van der Waals surface area contributed by atoms with E-state index in [2.05, 4.69) is 15.8 Å². The highest BCUT2D eigenvalue weighted by atomic mass is 16.5. The van der Waals surface area contributed by atoms with Crippen molar-refractivity contribution in [3.63, 3.8) is 0 Å². The van der Waals surface area contributed by atoms with Crippen LogP contribution in [0.4, 0.5) is 0 Å². The van der Waals surface area contributed by atoms with E-state index in [-0.39, 0.29) is 49.0 Å². The molecule has 0 bridgehead atoms. The van der Waals surface area contributed by atoms with Crippen molar-refractivity contribution in [3.8, 4) is 0 Å². The first kappa shape index (κ1) is 22.0. The Balaban J connectivity index is 1.56. The summed E-state index contributed by atoms with van der Waals surface area (Å²) in [5.74, 6) is 0.0258. The zero-order valence-electron chi connectivity index (χ0n) is 18.3. The first-order valence-electron chi connectivity index (χ1n) is 10.8. The molecule has 3 amide bonds. The molecule has 170 valence electrons. The van der Waals surface area contributed by atoms with Crippen molar-refractivity contribution in [3.05, 3.63) is 52.9 Å². The van der Waals surface area contributed by atoms with Crippen LogP contribution in [0.15, 0.2) is 34.9 Å². The highest BCUT2D eigenvalue weighted by molar-refractivity contribution is 5.95. The van der Waals surface area contributed by atoms with Gasteiger partial charge in [-0.2, -0.15) is 0 Å². The molecule has 2 aliphatic rings. The molecule has 2 N–H and O–H groups in total. The highest BCUT2D eigenvalue weighted by Crippen LogP contribution is 2.39. The molecule has 0 aliphatic carbocycles. The molecule has 1 aromatic carbocycles. The molecule has 2 atom stereocenters. The fraction of sp³-hybridized carbons (Fsp3) is 0.478. The number of benzene rings is 1. The number of hydrogen-bond donors (Lipinski definition) is 2. The number of rotatable bonds is 6. The van der Waals surface area contributed by atoms with Gasteiger partial charge in [0.05, 0.1) is 17.6 Å². The molecule has 2 fully saturated rings. The van der Waals surface area contributed by atoms with Crippen molar-refractivity contribution in [2.24, 2.45) is 5.41 Å². The molecular formula is C23H28N4O5. The Hall–Kier alpha value is -3.20. The van der Waals surface area contributed by atoms with Gasteiger partial charge in [0.15, 0.2) is 5.69 Å². The van der Waals surface area contributed by atoms with Gasteiger partial charge in [-0.15, -0.1) is 0 Å². The summed E-state index contributed by atoms with van der Waals surface area (Å²) >= 11 is 0. The Labute approximate surface area is 186 Å². The number of fused-ring (bicyclic) bond motifs is 1. The topological polar surface area (TPSA) is 114 Å². The highest BCUT2D eigenvalue weighted by Gasteiger charge is 2.53. The van der Waals surface area contributed by atoms with Crippen LogP contribution in [0.1, 0.15) is 46.6 Å². The van der Waals surface area contributed by atoms with E-state index in [1.807, 2.05) is 30.3 Å². The minimum Gasteiger partial charge on any atom is -0.380 e. The summed E-state index contributed by atoms with van der Waals surface area (Å²) in [5.41, 5.74) is 0.915. The second kappa shape index (κ2) is 9.12. The van der Waals surface area contributed by atoms with Crippen LogP contribution in [0.2, 0.25) is 0 Å². The van der Waals surface area contributed by atoms with E-state index in [9.17, 15) is 14.4 Å². The maximum absolute atomic E-state index is 13.5. The van der Waals surface area contributed by atoms with E-state index in [1.54, 1.807) is 18.9 Å². The number of methoxy groups -OCH3 is 1. The number of amides is 3. The summed E-state index contributed by atoms with van der Waals surface area (Å²) in [6, 6.07) is 9.33. The van der Waals surface area contributed by atoms with Gasteiger partial charge in [0.2, 0.25) is 11.8 Å². The lowest BCUT2D eigenvalue weighted by Crippen LogP contribution is -2.66. The van der Waals surface area contributed by atoms with E-state index < -0.39 is 5.41 Å². The Morgan fingerprint density at radius 1 is 1.34 bits per heavy atom. The van der Waals surface area contributed by atoms with E-state index in [0.29, 0.717) is 37.3 Å². The number of ether oxygens (including phenoxy) is 1. The number of likely N-dealkylation sites (tertiary alicyclic amines) is 1. The lowest BCUT2D eigenvalue weighted by atomic mass is 9.69. The quantitative estimate of drug-likeness (QED) is 0.705. The number of piperidine rings is 2. The molecule has 32 heavy (non-hydrogen) atoms. The van der Waals surface area contributed by atoms with Crippen LogP contribution in [0.5, 0.6) is 0 Å². The number of hydrogen-bond acceptors (Lipinski definition) is 6. The molecule has 2 saturated heterocycles. The van der Waals surface area contributed by atoms with Gasteiger partial charge in [-0.3, -0.25) is 14.4 Å². The minimum atomic E-state index is -0.892. The third-order valence-corrected chi connectivity index (χ3v) is 6.47. The third-order valence-electron chi connectivity index (χ3n) is 6.47. The van der Waals surface area contributed by atoms with Gasteiger partial charge in [0.25, 0.3) is 5.91 Å². The number of aryl methyl sites for hydroxylation is 1. The van der Waals surface area contributed by atoms with Crippen LogP contribution >= 0.6 is 0 Å². The van der Waals surface area contributed by atoms with Gasteiger partial charge in [-0.05, 0) is 25.3 Å². The largest absolute Gasteiger partial charge is 0.380 e. The van der Waals surface area contributed by atoms with Crippen LogP contribution in [-0.4, -0.2) is 54.0 Å². The molecule has 9 heteroatoms. The van der Waals surface area contributed by atoms with Crippen molar-refractivity contribution < 1.29 is 23.6 Å². The van der Waals surface area contributed by atoms with Gasteiger partial charge < -0.3 is 24.8 Å². The van der Waals surface area contributed by atoms with Crippen molar-refractivity contribution in [2.75, 3.05) is 20.2 Å². The van der Waals surface area contributed by atoms with Gasteiger partial charge in [0.1, 0.15) is 5.76 Å². The van der Waals surface area contributed by atoms with E-state index >= 15 is 0 Å². The Bertz CT molecular complexity index is 1010. The zero-order chi connectivity index (χ0) is 22.7. The first-order valence-corrected chi connectivity index (χ1v) is 10.8. The molecule has 0 spiro atoms. The van der Waals surface area contributed by atoms with Crippen LogP contribution < -0.4 is 10.6 Å². The summed E-state index contributed by atoms with van der Waals surface area (Å²) in [6.07, 6.45) is 1.12. The first-order chi connectivity index (χ1) is 15.4. The van der Waals surface area contributed by atoms with E-state index in [4.69, 9.17) is 9.26 Å². The van der Waals surface area contributed by atoms with Crippen molar-refractivity contribution in [2.45, 2.75) is 45.4 Å². The lowest BCUT2D eigenvalue weighted by Gasteiger charge is -2.49. The maximum atomic E-state index is 13.5. The molecule has 4 rings (SSSR count). The second-order valence-corrected chi connectivity index (χ2v) is 8.46. The Morgan fingerprint density at radius 3 is 2.88 bits per heavy atom. The van der Waals surface area contributed by atoms with Crippen molar-refractivity contribution in [1.29, 1.82) is 0 Å². The summed E-state index contributed by atoms with van der Waals surface area (Å²) in [7, 11) is 1.54. The van der Waals surface area contributed by atoms with Crippen LogP contribution in [-0.2, 0) is 27.5 Å². The van der Waals surface area contributed by atoms with Crippen molar-refractivity contribution >= 4 is 17.7 Å². The molecule has 1 aromatic heterocycles. The van der Waals surface area contributed by atoms with Crippen LogP contribution in [0, 0.1) is 12.3 Å².